The highest BCUT2D eigenvalue weighted by Gasteiger charge is 2.29. The molecule has 1 atom stereocenters. The maximum Gasteiger partial charge on any atom is 0.269 e. The summed E-state index contributed by atoms with van der Waals surface area (Å²) in [6.07, 6.45) is 4.54. The van der Waals surface area contributed by atoms with Crippen LogP contribution in [0, 0.1) is 16.0 Å². The van der Waals surface area contributed by atoms with E-state index in [4.69, 9.17) is 5.73 Å². The highest BCUT2D eigenvalue weighted by atomic mass is 35.5. The van der Waals surface area contributed by atoms with E-state index >= 15 is 0 Å². The van der Waals surface area contributed by atoms with Crippen LogP contribution in [0.3, 0.4) is 0 Å². The Bertz CT molecular complexity index is 869. The monoisotopic (exact) mass is 422 g/mol. The lowest BCUT2D eigenvalue weighted by atomic mass is 9.96. The van der Waals surface area contributed by atoms with Crippen LogP contribution in [0.15, 0.2) is 36.7 Å². The second kappa shape index (κ2) is 9.99. The fraction of sp³-hybridized carbons (Fsp3) is 0.389. The zero-order valence-corrected chi connectivity index (χ0v) is 16.5. The van der Waals surface area contributed by atoms with Gasteiger partial charge in [0.1, 0.15) is 0 Å². The average Bonchev–Trinajstić information content (AvgIpc) is 3.21. The SMILES string of the molecule is Cl.NCCNC(=O)C1CCCN(C(=O)c2cnn(-c3ccc([N+](=O)[O-])cc3)c2)C1. The van der Waals surface area contributed by atoms with Crippen LogP contribution in [-0.4, -0.2) is 57.6 Å². The molecule has 3 N–H and O–H groups in total. The topological polar surface area (TPSA) is 136 Å². The number of hydrogen-bond donors (Lipinski definition) is 2. The number of halogens is 1. The summed E-state index contributed by atoms with van der Waals surface area (Å²) in [7, 11) is 0. The van der Waals surface area contributed by atoms with E-state index in [1.807, 2.05) is 0 Å². The molecule has 10 nitrogen and oxygen atoms in total. The number of piperidine rings is 1. The van der Waals surface area contributed by atoms with Crippen LogP contribution in [0.2, 0.25) is 0 Å². The summed E-state index contributed by atoms with van der Waals surface area (Å²) in [6.45, 7) is 1.74. The van der Waals surface area contributed by atoms with Gasteiger partial charge in [-0.25, -0.2) is 4.68 Å². The third-order valence-electron chi connectivity index (χ3n) is 4.68. The van der Waals surface area contributed by atoms with Gasteiger partial charge in [0, 0.05) is 44.5 Å². The molecule has 2 aromatic rings. The van der Waals surface area contributed by atoms with Gasteiger partial charge in [-0.3, -0.25) is 19.7 Å². The van der Waals surface area contributed by atoms with Crippen molar-refractivity contribution in [2.24, 2.45) is 11.7 Å². The van der Waals surface area contributed by atoms with E-state index in [0.29, 0.717) is 37.4 Å². The van der Waals surface area contributed by atoms with Gasteiger partial charge in [-0.05, 0) is 25.0 Å². The summed E-state index contributed by atoms with van der Waals surface area (Å²) in [5.41, 5.74) is 6.41. The van der Waals surface area contributed by atoms with Crippen molar-refractivity contribution in [1.82, 2.24) is 20.0 Å². The summed E-state index contributed by atoms with van der Waals surface area (Å²) >= 11 is 0. The van der Waals surface area contributed by atoms with Crippen LogP contribution in [0.1, 0.15) is 23.2 Å². The van der Waals surface area contributed by atoms with E-state index in [2.05, 4.69) is 10.4 Å². The fourth-order valence-corrected chi connectivity index (χ4v) is 3.20. The number of nitro groups is 1. The third-order valence-corrected chi connectivity index (χ3v) is 4.68. The Hall–Kier alpha value is -2.98. The van der Waals surface area contributed by atoms with Gasteiger partial charge in [-0.2, -0.15) is 5.10 Å². The van der Waals surface area contributed by atoms with Gasteiger partial charge in [0.15, 0.2) is 0 Å². The number of carbonyl (C=O) groups excluding carboxylic acids is 2. The van der Waals surface area contributed by atoms with E-state index in [-0.39, 0.29) is 35.8 Å². The van der Waals surface area contributed by atoms with E-state index in [9.17, 15) is 19.7 Å². The van der Waals surface area contributed by atoms with Crippen LogP contribution < -0.4 is 11.1 Å². The van der Waals surface area contributed by atoms with E-state index in [1.165, 1.54) is 23.0 Å². The van der Waals surface area contributed by atoms with Crippen molar-refractivity contribution < 1.29 is 14.5 Å². The van der Waals surface area contributed by atoms with E-state index < -0.39 is 4.92 Å². The van der Waals surface area contributed by atoms with Crippen LogP contribution in [0.4, 0.5) is 5.69 Å². The maximum atomic E-state index is 12.8. The molecule has 11 heteroatoms. The highest BCUT2D eigenvalue weighted by molar-refractivity contribution is 5.94. The van der Waals surface area contributed by atoms with Gasteiger partial charge in [0.25, 0.3) is 11.6 Å². The molecule has 1 saturated heterocycles. The average molecular weight is 423 g/mol. The van der Waals surface area contributed by atoms with Crippen molar-refractivity contribution >= 4 is 29.9 Å². The van der Waals surface area contributed by atoms with Crippen molar-refractivity contribution in [1.29, 1.82) is 0 Å². The molecule has 1 aliphatic heterocycles. The molecule has 0 radical (unpaired) electrons. The minimum atomic E-state index is -0.474. The normalized spacial score (nSPS) is 16.0. The first-order chi connectivity index (χ1) is 13.5. The molecule has 3 rings (SSSR count). The Morgan fingerprint density at radius 3 is 2.69 bits per heavy atom. The molecule has 1 aromatic heterocycles. The van der Waals surface area contributed by atoms with Crippen LogP contribution >= 0.6 is 12.4 Å². The van der Waals surface area contributed by atoms with Crippen molar-refractivity contribution in [3.05, 3.63) is 52.3 Å². The summed E-state index contributed by atoms with van der Waals surface area (Å²) in [6, 6.07) is 5.90. The van der Waals surface area contributed by atoms with Crippen LogP contribution in [-0.2, 0) is 4.79 Å². The zero-order valence-electron chi connectivity index (χ0n) is 15.7. The number of likely N-dealkylation sites (tertiary alicyclic amines) is 1. The minimum absolute atomic E-state index is 0. The number of amides is 2. The summed E-state index contributed by atoms with van der Waals surface area (Å²) in [5.74, 6) is -0.511. The lowest BCUT2D eigenvalue weighted by Gasteiger charge is -2.31. The van der Waals surface area contributed by atoms with Gasteiger partial charge >= 0.3 is 0 Å². The Morgan fingerprint density at radius 2 is 2.03 bits per heavy atom. The maximum absolute atomic E-state index is 12.8. The minimum Gasteiger partial charge on any atom is -0.355 e. The highest BCUT2D eigenvalue weighted by Crippen LogP contribution is 2.20. The number of hydrogen-bond acceptors (Lipinski definition) is 6. The smallest absolute Gasteiger partial charge is 0.269 e. The summed E-state index contributed by atoms with van der Waals surface area (Å²) < 4.78 is 1.49. The first-order valence-corrected chi connectivity index (χ1v) is 9.06. The summed E-state index contributed by atoms with van der Waals surface area (Å²) in [5, 5.41) is 17.7. The van der Waals surface area contributed by atoms with Gasteiger partial charge in [0.2, 0.25) is 5.91 Å². The molecule has 1 unspecified atom stereocenters. The number of nitrogens with two attached hydrogens (primary N) is 1. The number of benzene rings is 1. The number of aromatic nitrogens is 2. The molecule has 156 valence electrons. The van der Waals surface area contributed by atoms with Crippen molar-refractivity contribution in [2.45, 2.75) is 12.8 Å². The molecule has 1 fully saturated rings. The number of nitrogens with one attached hydrogen (secondary N) is 1. The molecule has 1 aromatic carbocycles. The van der Waals surface area contributed by atoms with E-state index in [0.717, 1.165) is 12.8 Å². The van der Waals surface area contributed by atoms with Crippen molar-refractivity contribution in [3.8, 4) is 5.69 Å². The molecule has 2 amide bonds. The molecule has 0 aliphatic carbocycles. The number of nitro benzene ring substituents is 1. The molecule has 29 heavy (non-hydrogen) atoms. The first kappa shape index (κ1) is 22.3. The second-order valence-corrected chi connectivity index (χ2v) is 6.62. The molecular weight excluding hydrogens is 400 g/mol. The van der Waals surface area contributed by atoms with Gasteiger partial charge < -0.3 is 16.0 Å². The van der Waals surface area contributed by atoms with Crippen LogP contribution in [0.25, 0.3) is 5.69 Å². The Balaban J connectivity index is 0.00000300. The second-order valence-electron chi connectivity index (χ2n) is 6.62. The lowest BCUT2D eigenvalue weighted by molar-refractivity contribution is -0.384. The molecule has 1 aliphatic rings. The molecular formula is C18H23ClN6O4. The Kier molecular flexibility index (Phi) is 7.68. The van der Waals surface area contributed by atoms with Gasteiger partial charge in [-0.1, -0.05) is 0 Å². The Labute approximate surface area is 173 Å². The zero-order chi connectivity index (χ0) is 20.1. The predicted molar refractivity (Wildman–Crippen MR) is 108 cm³/mol. The number of carbonyl (C=O) groups is 2. The number of nitrogens with zero attached hydrogens (tertiary/aromatic N) is 4. The molecule has 2 heterocycles. The van der Waals surface area contributed by atoms with Crippen molar-refractivity contribution in [2.75, 3.05) is 26.2 Å². The van der Waals surface area contributed by atoms with E-state index in [1.54, 1.807) is 23.2 Å². The first-order valence-electron chi connectivity index (χ1n) is 9.06. The van der Waals surface area contributed by atoms with Crippen molar-refractivity contribution in [3.63, 3.8) is 0 Å². The molecule has 0 saturated carbocycles. The molecule has 0 bridgehead atoms. The lowest BCUT2D eigenvalue weighted by Crippen LogP contribution is -2.46. The van der Waals surface area contributed by atoms with Gasteiger partial charge in [-0.15, -0.1) is 12.4 Å². The standard InChI is InChI=1S/C18H22N6O4.ClH/c19-7-8-20-17(25)13-2-1-9-22(11-13)18(26)14-10-21-23(12-14)15-3-5-16(6-4-15)24(27)28;/h3-6,10,12-13H,1-2,7-9,11,19H2,(H,20,25);1H. The number of rotatable bonds is 6. The quantitative estimate of drug-likeness (QED) is 0.528. The largest absolute Gasteiger partial charge is 0.355 e. The molecule has 0 spiro atoms. The summed E-state index contributed by atoms with van der Waals surface area (Å²) in [4.78, 5) is 36.9. The predicted octanol–water partition coefficient (Wildman–Crippen LogP) is 1.13. The number of non-ortho nitro benzene ring substituents is 1. The van der Waals surface area contributed by atoms with Crippen LogP contribution in [0.5, 0.6) is 0 Å². The van der Waals surface area contributed by atoms with Gasteiger partial charge in [0.05, 0.1) is 28.3 Å². The fourth-order valence-electron chi connectivity index (χ4n) is 3.20. The third kappa shape index (κ3) is 5.30. The Morgan fingerprint density at radius 1 is 1.31 bits per heavy atom.